The van der Waals surface area contributed by atoms with Crippen molar-refractivity contribution in [1.82, 2.24) is 5.32 Å². The molecule has 0 unspecified atom stereocenters. The first-order valence-corrected chi connectivity index (χ1v) is 7.86. The third kappa shape index (κ3) is 6.04. The van der Waals surface area contributed by atoms with Crippen molar-refractivity contribution in [2.75, 3.05) is 19.8 Å². The molecule has 0 radical (unpaired) electrons. The fourth-order valence-electron chi connectivity index (χ4n) is 2.12. The van der Waals surface area contributed by atoms with E-state index in [-0.39, 0.29) is 19.3 Å². The normalized spacial score (nSPS) is 15.5. The number of benzene rings is 1. The summed E-state index contributed by atoms with van der Waals surface area (Å²) in [5, 5.41) is 22.2. The second kappa shape index (κ2) is 9.77. The number of hydrogen-bond donors (Lipinski definition) is 3. The van der Waals surface area contributed by atoms with Crippen LogP contribution < -0.4 is 10.1 Å². The van der Waals surface area contributed by atoms with Gasteiger partial charge in [-0.05, 0) is 30.4 Å². The maximum atomic E-state index is 9.97. The Morgan fingerprint density at radius 2 is 1.90 bits per heavy atom. The highest BCUT2D eigenvalue weighted by Gasteiger charge is 2.12. The largest absolute Gasteiger partial charge is 0.491 e. The van der Waals surface area contributed by atoms with Gasteiger partial charge in [0.2, 0.25) is 0 Å². The van der Waals surface area contributed by atoms with Crippen molar-refractivity contribution in [3.63, 3.8) is 0 Å². The summed E-state index contributed by atoms with van der Waals surface area (Å²) in [6, 6.07) is 8.02. The van der Waals surface area contributed by atoms with E-state index in [9.17, 15) is 5.11 Å². The highest BCUT2D eigenvalue weighted by atomic mass is 16.5. The maximum absolute atomic E-state index is 9.97. The van der Waals surface area contributed by atoms with Crippen LogP contribution >= 0.6 is 0 Å². The Morgan fingerprint density at radius 1 is 1.19 bits per heavy atom. The quantitative estimate of drug-likeness (QED) is 0.620. The number of para-hydroxylation sites is 1. The highest BCUT2D eigenvalue weighted by molar-refractivity contribution is 5.35. The minimum absolute atomic E-state index is 0.0343. The van der Waals surface area contributed by atoms with E-state index in [0.717, 1.165) is 18.6 Å². The van der Waals surface area contributed by atoms with Crippen LogP contribution in [0.15, 0.2) is 24.3 Å². The van der Waals surface area contributed by atoms with Gasteiger partial charge in [-0.3, -0.25) is 0 Å². The fraction of sp³-hybridized carbons (Fsp3) is 0.647. The average molecular weight is 295 g/mol. The topological polar surface area (TPSA) is 61.7 Å². The molecule has 0 saturated heterocycles. The highest BCUT2D eigenvalue weighted by Crippen LogP contribution is 2.28. The first kappa shape index (κ1) is 18.0. The van der Waals surface area contributed by atoms with Gasteiger partial charge in [-0.2, -0.15) is 0 Å². The van der Waals surface area contributed by atoms with Gasteiger partial charge in [-0.25, -0.2) is 0 Å². The van der Waals surface area contributed by atoms with E-state index in [4.69, 9.17) is 9.84 Å². The fourth-order valence-corrected chi connectivity index (χ4v) is 2.12. The molecule has 0 heterocycles. The van der Waals surface area contributed by atoms with E-state index < -0.39 is 6.10 Å². The maximum Gasteiger partial charge on any atom is 0.122 e. The summed E-state index contributed by atoms with van der Waals surface area (Å²) in [5.41, 5.74) is 1.18. The second-order valence-electron chi connectivity index (χ2n) is 5.51. The SMILES string of the molecule is CC[C@@H](CO)NC[C@@H](O)COc1ccccc1[C@@H](C)CC. The van der Waals surface area contributed by atoms with Crippen molar-refractivity contribution in [1.29, 1.82) is 0 Å². The number of aliphatic hydroxyl groups is 2. The van der Waals surface area contributed by atoms with Crippen LogP contribution in [0.2, 0.25) is 0 Å². The Bertz CT molecular complexity index is 393. The van der Waals surface area contributed by atoms with Crippen molar-refractivity contribution in [2.45, 2.75) is 51.7 Å². The Kier molecular flexibility index (Phi) is 8.35. The summed E-state index contributed by atoms with van der Waals surface area (Å²) in [5.74, 6) is 1.29. The summed E-state index contributed by atoms with van der Waals surface area (Å²) >= 11 is 0. The van der Waals surface area contributed by atoms with Crippen LogP contribution in [-0.4, -0.2) is 42.1 Å². The van der Waals surface area contributed by atoms with Crippen molar-refractivity contribution >= 4 is 0 Å². The second-order valence-corrected chi connectivity index (χ2v) is 5.51. The molecule has 0 bridgehead atoms. The number of rotatable bonds is 10. The van der Waals surface area contributed by atoms with Crippen LogP contribution in [0.5, 0.6) is 5.75 Å². The summed E-state index contributed by atoms with van der Waals surface area (Å²) < 4.78 is 5.77. The predicted molar refractivity (Wildman–Crippen MR) is 85.8 cm³/mol. The smallest absolute Gasteiger partial charge is 0.122 e. The lowest BCUT2D eigenvalue weighted by atomic mass is 9.98. The molecular weight excluding hydrogens is 266 g/mol. The third-order valence-corrected chi connectivity index (χ3v) is 3.85. The molecule has 0 aliphatic rings. The van der Waals surface area contributed by atoms with Gasteiger partial charge in [0.25, 0.3) is 0 Å². The molecule has 1 aromatic rings. The van der Waals surface area contributed by atoms with Crippen molar-refractivity contribution < 1.29 is 14.9 Å². The molecule has 1 aromatic carbocycles. The summed E-state index contributed by atoms with van der Waals surface area (Å²) in [7, 11) is 0. The van der Waals surface area contributed by atoms with Gasteiger partial charge >= 0.3 is 0 Å². The lowest BCUT2D eigenvalue weighted by Gasteiger charge is -2.20. The Labute approximate surface area is 128 Å². The van der Waals surface area contributed by atoms with Gasteiger partial charge in [0.1, 0.15) is 18.5 Å². The van der Waals surface area contributed by atoms with Crippen molar-refractivity contribution in [2.24, 2.45) is 0 Å². The lowest BCUT2D eigenvalue weighted by Crippen LogP contribution is -2.39. The number of nitrogens with one attached hydrogen (secondary N) is 1. The molecule has 4 nitrogen and oxygen atoms in total. The van der Waals surface area contributed by atoms with Gasteiger partial charge in [0.15, 0.2) is 0 Å². The zero-order chi connectivity index (χ0) is 15.7. The molecule has 120 valence electrons. The molecule has 21 heavy (non-hydrogen) atoms. The van der Waals surface area contributed by atoms with Gasteiger partial charge < -0.3 is 20.3 Å². The minimum Gasteiger partial charge on any atom is -0.491 e. The van der Waals surface area contributed by atoms with Crippen LogP contribution in [0.3, 0.4) is 0 Å². The Morgan fingerprint density at radius 3 is 2.52 bits per heavy atom. The van der Waals surface area contributed by atoms with Crippen LogP contribution in [-0.2, 0) is 0 Å². The van der Waals surface area contributed by atoms with Crippen LogP contribution in [0.25, 0.3) is 0 Å². The lowest BCUT2D eigenvalue weighted by molar-refractivity contribution is 0.0988. The Hall–Kier alpha value is -1.10. The zero-order valence-electron chi connectivity index (χ0n) is 13.4. The van der Waals surface area contributed by atoms with E-state index in [1.807, 2.05) is 25.1 Å². The van der Waals surface area contributed by atoms with E-state index in [1.54, 1.807) is 0 Å². The molecule has 0 aliphatic heterocycles. The summed E-state index contributed by atoms with van der Waals surface area (Å²) in [6.45, 7) is 7.08. The van der Waals surface area contributed by atoms with Crippen LogP contribution in [0, 0.1) is 0 Å². The first-order valence-electron chi connectivity index (χ1n) is 7.86. The van der Waals surface area contributed by atoms with Gasteiger partial charge in [-0.1, -0.05) is 39.0 Å². The molecule has 0 saturated carbocycles. The van der Waals surface area contributed by atoms with Crippen LogP contribution in [0.4, 0.5) is 0 Å². The molecule has 0 spiro atoms. The molecule has 0 fully saturated rings. The zero-order valence-corrected chi connectivity index (χ0v) is 13.4. The van der Waals surface area contributed by atoms with E-state index in [0.29, 0.717) is 12.5 Å². The van der Waals surface area contributed by atoms with Crippen molar-refractivity contribution in [3.8, 4) is 5.75 Å². The molecule has 3 N–H and O–H groups in total. The van der Waals surface area contributed by atoms with Crippen LogP contribution in [0.1, 0.15) is 45.1 Å². The molecule has 0 aliphatic carbocycles. The number of ether oxygens (including phenoxy) is 1. The summed E-state index contributed by atoms with van der Waals surface area (Å²) in [4.78, 5) is 0. The summed E-state index contributed by atoms with van der Waals surface area (Å²) in [6.07, 6.45) is 1.30. The number of aliphatic hydroxyl groups excluding tert-OH is 2. The van der Waals surface area contributed by atoms with Gasteiger partial charge in [-0.15, -0.1) is 0 Å². The monoisotopic (exact) mass is 295 g/mol. The van der Waals surface area contributed by atoms with Crippen molar-refractivity contribution in [3.05, 3.63) is 29.8 Å². The molecule has 0 aromatic heterocycles. The number of hydrogen-bond acceptors (Lipinski definition) is 4. The minimum atomic E-state index is -0.587. The molecule has 4 heteroatoms. The Balaban J connectivity index is 2.47. The first-order chi connectivity index (χ1) is 10.1. The van der Waals surface area contributed by atoms with E-state index >= 15 is 0 Å². The van der Waals surface area contributed by atoms with E-state index in [2.05, 4.69) is 25.2 Å². The predicted octanol–water partition coefficient (Wildman–Crippen LogP) is 2.30. The average Bonchev–Trinajstić information content (AvgIpc) is 2.53. The van der Waals surface area contributed by atoms with Gasteiger partial charge in [0, 0.05) is 12.6 Å². The third-order valence-electron chi connectivity index (χ3n) is 3.85. The molecule has 3 atom stereocenters. The molecule has 0 amide bonds. The molecule has 1 rings (SSSR count). The standard InChI is InChI=1S/C17H29NO3/c1-4-13(3)16-8-6-7-9-17(16)21-12-15(20)10-18-14(5-2)11-19/h6-9,13-15,18-20H,4-5,10-12H2,1-3H3/t13-,14-,15+/m0/s1. The molecular formula is C17H29NO3. The van der Waals surface area contributed by atoms with E-state index in [1.165, 1.54) is 5.56 Å². The van der Waals surface area contributed by atoms with Gasteiger partial charge in [0.05, 0.1) is 6.61 Å².